The van der Waals surface area contributed by atoms with Crippen LogP contribution in [0.15, 0.2) is 53.0 Å². The summed E-state index contributed by atoms with van der Waals surface area (Å²) in [7, 11) is 0. The van der Waals surface area contributed by atoms with Crippen molar-refractivity contribution < 1.29 is 9.18 Å². The lowest BCUT2D eigenvalue weighted by molar-refractivity contribution is 0.102. The molecule has 0 heterocycles. The minimum atomic E-state index is -0.531. The first-order valence-corrected chi connectivity index (χ1v) is 5.78. The largest absolute Gasteiger partial charge is 0.321 e. The smallest absolute Gasteiger partial charge is 0.258 e. The number of amides is 1. The number of nitrogens with one attached hydrogen (secondary N) is 1. The van der Waals surface area contributed by atoms with E-state index in [0.29, 0.717) is 5.69 Å². The van der Waals surface area contributed by atoms with E-state index >= 15 is 0 Å². The summed E-state index contributed by atoms with van der Waals surface area (Å²) in [4.78, 5) is 11.8. The Bertz CT molecular complexity index is 557. The Morgan fingerprint density at radius 1 is 1.06 bits per heavy atom. The van der Waals surface area contributed by atoms with E-state index in [-0.39, 0.29) is 5.56 Å². The van der Waals surface area contributed by atoms with Gasteiger partial charge in [-0.3, -0.25) is 4.79 Å². The Hall–Kier alpha value is -1.68. The molecule has 0 saturated carbocycles. The second-order valence-corrected chi connectivity index (χ2v) is 4.27. The van der Waals surface area contributed by atoms with Gasteiger partial charge in [-0.05, 0) is 40.2 Å². The fourth-order valence-corrected chi connectivity index (χ4v) is 1.78. The molecule has 0 radical (unpaired) electrons. The highest BCUT2D eigenvalue weighted by Crippen LogP contribution is 2.22. The number of halogens is 2. The van der Waals surface area contributed by atoms with Crippen LogP contribution in [-0.4, -0.2) is 5.91 Å². The van der Waals surface area contributed by atoms with Crippen molar-refractivity contribution in [2.75, 3.05) is 5.32 Å². The third kappa shape index (κ3) is 2.71. The lowest BCUT2D eigenvalue weighted by atomic mass is 10.2. The van der Waals surface area contributed by atoms with Gasteiger partial charge in [0.05, 0.1) is 11.3 Å². The van der Waals surface area contributed by atoms with Crippen molar-refractivity contribution in [3.8, 4) is 0 Å². The molecule has 0 spiro atoms. The van der Waals surface area contributed by atoms with Gasteiger partial charge in [-0.1, -0.05) is 24.3 Å². The molecule has 0 aromatic heterocycles. The summed E-state index contributed by atoms with van der Waals surface area (Å²) < 4.78 is 14.1. The summed E-state index contributed by atoms with van der Waals surface area (Å²) in [5.41, 5.74) is 0.643. The number of benzene rings is 2. The van der Waals surface area contributed by atoms with Gasteiger partial charge >= 0.3 is 0 Å². The highest BCUT2D eigenvalue weighted by molar-refractivity contribution is 9.10. The van der Waals surface area contributed by atoms with Crippen LogP contribution in [0.5, 0.6) is 0 Å². The SMILES string of the molecule is O=C(Nc1ccccc1Br)c1ccccc1F. The number of carbonyl (C=O) groups is 1. The van der Waals surface area contributed by atoms with Crippen LogP contribution in [0.3, 0.4) is 0 Å². The van der Waals surface area contributed by atoms with Crippen molar-refractivity contribution in [1.82, 2.24) is 0 Å². The maximum atomic E-state index is 13.4. The van der Waals surface area contributed by atoms with Gasteiger partial charge in [0.25, 0.3) is 5.91 Å². The standard InChI is InChI=1S/C13H9BrFNO/c14-10-6-2-4-8-12(10)16-13(17)9-5-1-3-7-11(9)15/h1-8H,(H,16,17). The minimum Gasteiger partial charge on any atom is -0.321 e. The second kappa shape index (κ2) is 5.10. The van der Waals surface area contributed by atoms with Crippen LogP contribution in [0.1, 0.15) is 10.4 Å². The summed E-state index contributed by atoms with van der Waals surface area (Å²) in [6.45, 7) is 0. The molecule has 17 heavy (non-hydrogen) atoms. The first kappa shape index (κ1) is 11.8. The van der Waals surface area contributed by atoms with Crippen molar-refractivity contribution >= 4 is 27.5 Å². The van der Waals surface area contributed by atoms with E-state index in [1.807, 2.05) is 6.07 Å². The number of hydrogen-bond donors (Lipinski definition) is 1. The van der Waals surface area contributed by atoms with Gasteiger partial charge in [0.1, 0.15) is 5.82 Å². The lowest BCUT2D eigenvalue weighted by Crippen LogP contribution is -2.13. The van der Waals surface area contributed by atoms with Crippen LogP contribution in [0.25, 0.3) is 0 Å². The predicted molar refractivity (Wildman–Crippen MR) is 68.5 cm³/mol. The zero-order chi connectivity index (χ0) is 12.3. The van der Waals surface area contributed by atoms with Crippen LogP contribution >= 0.6 is 15.9 Å². The first-order chi connectivity index (χ1) is 8.18. The normalized spacial score (nSPS) is 10.0. The van der Waals surface area contributed by atoms with Crippen LogP contribution in [0.2, 0.25) is 0 Å². The monoisotopic (exact) mass is 293 g/mol. The van der Waals surface area contributed by atoms with Gasteiger partial charge in [-0.25, -0.2) is 4.39 Å². The van der Waals surface area contributed by atoms with Crippen LogP contribution in [0, 0.1) is 5.82 Å². The van der Waals surface area contributed by atoms with Gasteiger partial charge in [0.2, 0.25) is 0 Å². The Kier molecular flexibility index (Phi) is 3.54. The molecule has 0 aliphatic heterocycles. The topological polar surface area (TPSA) is 29.1 Å². The Labute approximate surface area is 107 Å². The van der Waals surface area contributed by atoms with Crippen LogP contribution in [-0.2, 0) is 0 Å². The molecule has 0 fully saturated rings. The van der Waals surface area contributed by atoms with Crippen LogP contribution < -0.4 is 5.32 Å². The second-order valence-electron chi connectivity index (χ2n) is 3.41. The number of hydrogen-bond acceptors (Lipinski definition) is 1. The van der Waals surface area contributed by atoms with Crippen molar-refractivity contribution in [3.63, 3.8) is 0 Å². The molecule has 4 heteroatoms. The van der Waals surface area contributed by atoms with Crippen molar-refractivity contribution in [1.29, 1.82) is 0 Å². The van der Waals surface area contributed by atoms with Gasteiger partial charge in [-0.15, -0.1) is 0 Å². The summed E-state index contributed by atoms with van der Waals surface area (Å²) in [5.74, 6) is -0.993. The number of rotatable bonds is 2. The maximum Gasteiger partial charge on any atom is 0.258 e. The van der Waals surface area contributed by atoms with Crippen molar-refractivity contribution in [2.24, 2.45) is 0 Å². The molecular weight excluding hydrogens is 285 g/mol. The average Bonchev–Trinajstić information content (AvgIpc) is 2.32. The van der Waals surface area contributed by atoms with Gasteiger partial charge in [-0.2, -0.15) is 0 Å². The Morgan fingerprint density at radius 3 is 2.41 bits per heavy atom. The minimum absolute atomic E-state index is 0.0308. The highest BCUT2D eigenvalue weighted by atomic mass is 79.9. The number of para-hydroxylation sites is 1. The van der Waals surface area contributed by atoms with E-state index in [1.165, 1.54) is 12.1 Å². The van der Waals surface area contributed by atoms with Gasteiger partial charge in [0.15, 0.2) is 0 Å². The molecule has 0 aliphatic carbocycles. The average molecular weight is 294 g/mol. The molecule has 1 amide bonds. The van der Waals surface area contributed by atoms with E-state index in [2.05, 4.69) is 21.2 Å². The lowest BCUT2D eigenvalue weighted by Gasteiger charge is -2.07. The molecule has 0 unspecified atom stereocenters. The Morgan fingerprint density at radius 2 is 1.71 bits per heavy atom. The van der Waals surface area contributed by atoms with Gasteiger partial charge < -0.3 is 5.32 Å². The van der Waals surface area contributed by atoms with E-state index in [1.54, 1.807) is 30.3 Å². The third-order valence-electron chi connectivity index (χ3n) is 2.24. The molecule has 0 atom stereocenters. The van der Waals surface area contributed by atoms with E-state index in [4.69, 9.17) is 0 Å². The summed E-state index contributed by atoms with van der Waals surface area (Å²) in [6, 6.07) is 13.0. The summed E-state index contributed by atoms with van der Waals surface area (Å²) in [6.07, 6.45) is 0. The van der Waals surface area contributed by atoms with E-state index in [9.17, 15) is 9.18 Å². The highest BCUT2D eigenvalue weighted by Gasteiger charge is 2.11. The van der Waals surface area contributed by atoms with Crippen LogP contribution in [0.4, 0.5) is 10.1 Å². The molecule has 86 valence electrons. The molecule has 1 N–H and O–H groups in total. The molecule has 0 saturated heterocycles. The summed E-state index contributed by atoms with van der Waals surface area (Å²) >= 11 is 3.31. The van der Waals surface area contributed by atoms with E-state index < -0.39 is 11.7 Å². The molecule has 2 aromatic rings. The van der Waals surface area contributed by atoms with E-state index in [0.717, 1.165) is 4.47 Å². The maximum absolute atomic E-state index is 13.4. The molecule has 2 aromatic carbocycles. The van der Waals surface area contributed by atoms with Crippen molar-refractivity contribution in [2.45, 2.75) is 0 Å². The fraction of sp³-hybridized carbons (Fsp3) is 0. The molecule has 2 rings (SSSR count). The Balaban J connectivity index is 2.24. The molecular formula is C13H9BrFNO. The fourth-order valence-electron chi connectivity index (χ4n) is 1.40. The summed E-state index contributed by atoms with van der Waals surface area (Å²) in [5, 5.41) is 2.64. The molecule has 0 aliphatic rings. The molecule has 0 bridgehead atoms. The predicted octanol–water partition coefficient (Wildman–Crippen LogP) is 3.84. The van der Waals surface area contributed by atoms with Gasteiger partial charge in [0, 0.05) is 4.47 Å². The molecule has 2 nitrogen and oxygen atoms in total. The quantitative estimate of drug-likeness (QED) is 0.895. The third-order valence-corrected chi connectivity index (χ3v) is 2.93. The van der Waals surface area contributed by atoms with Crippen molar-refractivity contribution in [3.05, 3.63) is 64.4 Å². The first-order valence-electron chi connectivity index (χ1n) is 4.99. The zero-order valence-electron chi connectivity index (χ0n) is 8.78. The number of carbonyl (C=O) groups excluding carboxylic acids is 1. The zero-order valence-corrected chi connectivity index (χ0v) is 10.4. The number of anilines is 1.